The highest BCUT2D eigenvalue weighted by atomic mass is 28.4. The molecule has 2 rings (SSSR count). The van der Waals surface area contributed by atoms with Gasteiger partial charge in [-0.25, -0.2) is 0 Å². The summed E-state index contributed by atoms with van der Waals surface area (Å²) in [6, 6.07) is 8.52. The maximum Gasteiger partial charge on any atom is 0.302 e. The summed E-state index contributed by atoms with van der Waals surface area (Å²) in [4.78, 5) is 14.3. The van der Waals surface area contributed by atoms with Crippen LogP contribution < -0.4 is 0 Å². The number of esters is 1. The standard InChI is InChI=1S/C21H33N3O6Si/c1-14(25)27-13-16-18(30-31(5,6)21(2,3)4)19(17(23-24-22)20(26)29-16)28-12-15-10-8-7-9-11-15/h7-11,16-20,26H,12-13H2,1-6H3/t16-,17-,18-,19-,20-/m1/s1. The van der Waals surface area contributed by atoms with E-state index in [4.69, 9.17) is 24.2 Å². The van der Waals surface area contributed by atoms with E-state index >= 15 is 0 Å². The monoisotopic (exact) mass is 451 g/mol. The number of hydrogen-bond acceptors (Lipinski definition) is 7. The quantitative estimate of drug-likeness (QED) is 0.210. The molecule has 0 radical (unpaired) electrons. The van der Waals surface area contributed by atoms with Crippen LogP contribution in [0.2, 0.25) is 18.1 Å². The number of carbonyl (C=O) groups excluding carboxylic acids is 1. The molecule has 1 aliphatic rings. The molecule has 0 spiro atoms. The molecule has 1 saturated heterocycles. The molecule has 1 aliphatic heterocycles. The minimum absolute atomic E-state index is 0.111. The Kier molecular flexibility index (Phi) is 8.64. The van der Waals surface area contributed by atoms with Crippen LogP contribution >= 0.6 is 0 Å². The van der Waals surface area contributed by atoms with Crippen LogP contribution in [-0.4, -0.2) is 56.6 Å². The molecule has 0 aliphatic carbocycles. The second-order valence-corrected chi connectivity index (χ2v) is 13.9. The van der Waals surface area contributed by atoms with Crippen molar-refractivity contribution in [2.24, 2.45) is 5.11 Å². The van der Waals surface area contributed by atoms with Crippen LogP contribution in [0.3, 0.4) is 0 Å². The smallest absolute Gasteiger partial charge is 0.302 e. The first kappa shape index (κ1) is 25.3. The maximum absolute atomic E-state index is 11.4. The van der Waals surface area contributed by atoms with E-state index in [1.165, 1.54) is 6.92 Å². The molecule has 0 bridgehead atoms. The van der Waals surface area contributed by atoms with Crippen LogP contribution in [0.25, 0.3) is 10.4 Å². The first-order chi connectivity index (χ1) is 14.5. The Morgan fingerprint density at radius 2 is 1.90 bits per heavy atom. The molecule has 0 amide bonds. The van der Waals surface area contributed by atoms with Gasteiger partial charge in [0.2, 0.25) is 0 Å². The van der Waals surface area contributed by atoms with Gasteiger partial charge >= 0.3 is 5.97 Å². The summed E-state index contributed by atoms with van der Waals surface area (Å²) in [6.07, 6.45) is -3.70. The van der Waals surface area contributed by atoms with Crippen molar-refractivity contribution in [3.05, 3.63) is 46.3 Å². The predicted molar refractivity (Wildman–Crippen MR) is 118 cm³/mol. The third-order valence-electron chi connectivity index (χ3n) is 5.79. The van der Waals surface area contributed by atoms with Gasteiger partial charge in [-0.1, -0.05) is 56.2 Å². The molecule has 0 unspecified atom stereocenters. The Labute approximate surface area is 184 Å². The van der Waals surface area contributed by atoms with E-state index in [-0.39, 0.29) is 18.3 Å². The second-order valence-electron chi connectivity index (χ2n) is 9.17. The summed E-state index contributed by atoms with van der Waals surface area (Å²) >= 11 is 0. The Bertz CT molecular complexity index is 779. The molecule has 1 N–H and O–H groups in total. The van der Waals surface area contributed by atoms with Crippen LogP contribution in [0.1, 0.15) is 33.3 Å². The normalized spacial score (nSPS) is 26.7. The largest absolute Gasteiger partial charge is 0.463 e. The zero-order chi connectivity index (χ0) is 23.2. The first-order valence-corrected chi connectivity index (χ1v) is 13.2. The average Bonchev–Trinajstić information content (AvgIpc) is 2.68. The zero-order valence-electron chi connectivity index (χ0n) is 19.0. The molecule has 1 aromatic rings. The fourth-order valence-electron chi connectivity index (χ4n) is 3.04. The highest BCUT2D eigenvalue weighted by Gasteiger charge is 2.51. The van der Waals surface area contributed by atoms with Crippen LogP contribution in [-0.2, 0) is 30.0 Å². The lowest BCUT2D eigenvalue weighted by molar-refractivity contribution is -0.257. The van der Waals surface area contributed by atoms with E-state index in [2.05, 4.69) is 43.9 Å². The van der Waals surface area contributed by atoms with Crippen molar-refractivity contribution in [3.63, 3.8) is 0 Å². The highest BCUT2D eigenvalue weighted by Crippen LogP contribution is 2.40. The van der Waals surface area contributed by atoms with E-state index < -0.39 is 44.9 Å². The van der Waals surface area contributed by atoms with Crippen molar-refractivity contribution in [2.75, 3.05) is 6.61 Å². The van der Waals surface area contributed by atoms with Crippen molar-refractivity contribution >= 4 is 14.3 Å². The molecule has 0 saturated carbocycles. The summed E-state index contributed by atoms with van der Waals surface area (Å²) < 4.78 is 23.6. The molecule has 10 heteroatoms. The fourth-order valence-corrected chi connectivity index (χ4v) is 4.36. The lowest BCUT2D eigenvalue weighted by Gasteiger charge is -2.48. The number of carbonyl (C=O) groups is 1. The molecule has 31 heavy (non-hydrogen) atoms. The average molecular weight is 452 g/mol. The number of ether oxygens (including phenoxy) is 3. The molecule has 0 aromatic heterocycles. The molecule has 5 atom stereocenters. The zero-order valence-corrected chi connectivity index (χ0v) is 20.0. The number of aliphatic hydroxyl groups is 1. The lowest BCUT2D eigenvalue weighted by Crippen LogP contribution is -2.63. The predicted octanol–water partition coefficient (Wildman–Crippen LogP) is 3.92. The van der Waals surface area contributed by atoms with Gasteiger partial charge in [0.25, 0.3) is 0 Å². The SMILES string of the molecule is CC(=O)OC[C@H]1O[C@@H](O)[C@H](N=[N+]=[N-])[C@@H](OCc2ccccc2)[C@@H]1O[Si](C)(C)C(C)(C)C. The van der Waals surface area contributed by atoms with Crippen LogP contribution in [0.5, 0.6) is 0 Å². The number of azide groups is 1. The minimum atomic E-state index is -2.33. The molecule has 1 heterocycles. The minimum Gasteiger partial charge on any atom is -0.463 e. The maximum atomic E-state index is 11.4. The second kappa shape index (κ2) is 10.6. The van der Waals surface area contributed by atoms with Crippen molar-refractivity contribution in [3.8, 4) is 0 Å². The van der Waals surface area contributed by atoms with Gasteiger partial charge in [-0.2, -0.15) is 0 Å². The van der Waals surface area contributed by atoms with Crippen LogP contribution in [0, 0.1) is 0 Å². The van der Waals surface area contributed by atoms with E-state index in [0.717, 1.165) is 5.56 Å². The number of benzene rings is 1. The van der Waals surface area contributed by atoms with E-state index in [9.17, 15) is 9.90 Å². The highest BCUT2D eigenvalue weighted by molar-refractivity contribution is 6.74. The van der Waals surface area contributed by atoms with E-state index in [1.54, 1.807) is 0 Å². The summed E-state index contributed by atoms with van der Waals surface area (Å²) in [7, 11) is -2.33. The molecule has 9 nitrogen and oxygen atoms in total. The summed E-state index contributed by atoms with van der Waals surface area (Å²) in [5.41, 5.74) is 9.99. The van der Waals surface area contributed by atoms with Crippen molar-refractivity contribution in [1.82, 2.24) is 0 Å². The number of rotatable bonds is 8. The summed E-state index contributed by atoms with van der Waals surface area (Å²) in [5.74, 6) is -0.469. The van der Waals surface area contributed by atoms with E-state index in [1.807, 2.05) is 30.3 Å². The Hall–Kier alpha value is -1.94. The van der Waals surface area contributed by atoms with Crippen molar-refractivity contribution in [1.29, 1.82) is 0 Å². The third-order valence-corrected chi connectivity index (χ3v) is 10.3. The van der Waals surface area contributed by atoms with Gasteiger partial charge in [0.05, 0.1) is 12.7 Å². The van der Waals surface area contributed by atoms with Gasteiger partial charge < -0.3 is 23.7 Å². The summed E-state index contributed by atoms with van der Waals surface area (Å²) in [5, 5.41) is 14.1. The number of nitrogens with zero attached hydrogens (tertiary/aromatic N) is 3. The van der Waals surface area contributed by atoms with Gasteiger partial charge in [0.15, 0.2) is 14.6 Å². The fraction of sp³-hybridized carbons (Fsp3) is 0.667. The van der Waals surface area contributed by atoms with Gasteiger partial charge in [-0.15, -0.1) is 0 Å². The third kappa shape index (κ3) is 6.77. The Morgan fingerprint density at radius 3 is 2.45 bits per heavy atom. The van der Waals surface area contributed by atoms with Gasteiger partial charge in [0.1, 0.15) is 24.9 Å². The van der Waals surface area contributed by atoms with Crippen LogP contribution in [0.4, 0.5) is 0 Å². The summed E-state index contributed by atoms with van der Waals surface area (Å²) in [6.45, 7) is 11.9. The van der Waals surface area contributed by atoms with E-state index in [0.29, 0.717) is 0 Å². The molecular formula is C21H33N3O6Si. The topological polar surface area (TPSA) is 123 Å². The van der Waals surface area contributed by atoms with Crippen molar-refractivity contribution < 1.29 is 28.5 Å². The molecule has 1 fully saturated rings. The Morgan fingerprint density at radius 1 is 1.26 bits per heavy atom. The number of hydrogen-bond donors (Lipinski definition) is 1. The Balaban J connectivity index is 2.39. The molecule has 172 valence electrons. The molecular weight excluding hydrogens is 418 g/mol. The molecule has 1 aromatic carbocycles. The van der Waals surface area contributed by atoms with Crippen molar-refractivity contribution in [2.45, 2.75) is 83.1 Å². The van der Waals surface area contributed by atoms with Gasteiger partial charge in [0, 0.05) is 11.8 Å². The van der Waals surface area contributed by atoms with Gasteiger partial charge in [-0.05, 0) is 29.2 Å². The first-order valence-electron chi connectivity index (χ1n) is 10.3. The van der Waals surface area contributed by atoms with Crippen LogP contribution in [0.15, 0.2) is 35.4 Å². The number of aliphatic hydroxyl groups excluding tert-OH is 1. The van der Waals surface area contributed by atoms with Gasteiger partial charge in [-0.3, -0.25) is 4.79 Å². The lowest BCUT2D eigenvalue weighted by atomic mass is 9.97.